The first kappa shape index (κ1) is 29.1. The number of aliphatic carboxylic acids is 1. The van der Waals surface area contributed by atoms with Gasteiger partial charge in [0.15, 0.2) is 0 Å². The maximum atomic E-state index is 12.3. The fourth-order valence-corrected chi connectivity index (χ4v) is 3.57. The number of carbonyl (C=O) groups is 3. The van der Waals surface area contributed by atoms with Gasteiger partial charge >= 0.3 is 5.97 Å². The summed E-state index contributed by atoms with van der Waals surface area (Å²) in [6, 6.07) is 0. The molecule has 0 saturated heterocycles. The quantitative estimate of drug-likeness (QED) is 0.166. The third-order valence-electron chi connectivity index (χ3n) is 5.52. The first-order chi connectivity index (χ1) is 14.9. The van der Waals surface area contributed by atoms with Crippen molar-refractivity contribution in [1.82, 2.24) is 10.6 Å². The summed E-state index contributed by atoms with van der Waals surface area (Å²) in [6.45, 7) is 8.32. The average Bonchev–Trinajstić information content (AvgIpc) is 2.72. The van der Waals surface area contributed by atoms with Gasteiger partial charge in [0.05, 0.1) is 6.42 Å². The number of rotatable bonds is 21. The summed E-state index contributed by atoms with van der Waals surface area (Å²) in [5.41, 5.74) is 0.452. The Balaban J connectivity index is 3.84. The van der Waals surface area contributed by atoms with E-state index in [1.165, 1.54) is 57.8 Å². The number of carboxylic acids is 1. The molecule has 2 amide bonds. The third kappa shape index (κ3) is 18.6. The molecule has 180 valence electrons. The molecule has 1 unspecified atom stereocenters. The smallest absolute Gasteiger partial charge is 0.304 e. The average molecular weight is 439 g/mol. The summed E-state index contributed by atoms with van der Waals surface area (Å²) in [6.07, 6.45) is 16.0. The van der Waals surface area contributed by atoms with Crippen molar-refractivity contribution < 1.29 is 19.5 Å². The van der Waals surface area contributed by atoms with Crippen LogP contribution in [0.1, 0.15) is 110 Å². The fraction of sp³-hybridized carbons (Fsp3) is 0.800. The second kappa shape index (κ2) is 20.1. The van der Waals surface area contributed by atoms with Crippen molar-refractivity contribution in [2.75, 3.05) is 13.1 Å². The van der Waals surface area contributed by atoms with E-state index < -0.39 is 11.9 Å². The van der Waals surface area contributed by atoms with Crippen LogP contribution < -0.4 is 10.6 Å². The second-order valence-electron chi connectivity index (χ2n) is 8.65. The highest BCUT2D eigenvalue weighted by Crippen LogP contribution is 2.17. The van der Waals surface area contributed by atoms with E-state index in [1.54, 1.807) is 6.92 Å². The molecule has 6 nitrogen and oxygen atoms in total. The van der Waals surface area contributed by atoms with Crippen molar-refractivity contribution in [3.05, 3.63) is 12.2 Å². The summed E-state index contributed by atoms with van der Waals surface area (Å²) < 4.78 is 0. The second-order valence-corrected chi connectivity index (χ2v) is 8.65. The zero-order valence-electron chi connectivity index (χ0n) is 20.0. The van der Waals surface area contributed by atoms with Crippen molar-refractivity contribution in [2.45, 2.75) is 110 Å². The third-order valence-corrected chi connectivity index (χ3v) is 5.52. The Morgan fingerprint density at radius 2 is 1.26 bits per heavy atom. The summed E-state index contributed by atoms with van der Waals surface area (Å²) in [5, 5.41) is 14.6. The molecule has 0 bridgehead atoms. The molecule has 0 aromatic carbocycles. The zero-order valence-corrected chi connectivity index (χ0v) is 20.0. The predicted octanol–water partition coefficient (Wildman–Crippen LogP) is 5.37. The number of nitrogens with one attached hydrogen (secondary N) is 2. The molecule has 0 heterocycles. The van der Waals surface area contributed by atoms with Gasteiger partial charge in [0.1, 0.15) is 0 Å². The summed E-state index contributed by atoms with van der Waals surface area (Å²) in [5.74, 6) is -1.81. The zero-order chi connectivity index (χ0) is 23.3. The van der Waals surface area contributed by atoms with E-state index in [1.807, 2.05) is 0 Å². The minimum Gasteiger partial charge on any atom is -0.481 e. The number of carboxylic acid groups (broad SMARTS) is 1. The number of amides is 2. The lowest BCUT2D eigenvalue weighted by Crippen LogP contribution is -2.34. The van der Waals surface area contributed by atoms with E-state index >= 15 is 0 Å². The highest BCUT2D eigenvalue weighted by Gasteiger charge is 2.20. The molecule has 0 fully saturated rings. The van der Waals surface area contributed by atoms with E-state index in [0.717, 1.165) is 19.3 Å². The van der Waals surface area contributed by atoms with Crippen molar-refractivity contribution in [1.29, 1.82) is 0 Å². The first-order valence-corrected chi connectivity index (χ1v) is 12.3. The van der Waals surface area contributed by atoms with Crippen LogP contribution in [0.4, 0.5) is 0 Å². The van der Waals surface area contributed by atoms with E-state index in [-0.39, 0.29) is 18.2 Å². The Morgan fingerprint density at radius 3 is 1.74 bits per heavy atom. The van der Waals surface area contributed by atoms with E-state index in [0.29, 0.717) is 31.5 Å². The number of carbonyl (C=O) groups excluding carboxylic acids is 2. The van der Waals surface area contributed by atoms with Crippen molar-refractivity contribution in [3.63, 3.8) is 0 Å². The molecule has 31 heavy (non-hydrogen) atoms. The summed E-state index contributed by atoms with van der Waals surface area (Å²) >= 11 is 0. The van der Waals surface area contributed by atoms with Gasteiger partial charge in [-0.25, -0.2) is 0 Å². The fourth-order valence-electron chi connectivity index (χ4n) is 3.57. The van der Waals surface area contributed by atoms with Crippen molar-refractivity contribution >= 4 is 17.8 Å². The molecule has 1 atom stereocenters. The monoisotopic (exact) mass is 438 g/mol. The minimum atomic E-state index is -0.937. The van der Waals surface area contributed by atoms with E-state index in [4.69, 9.17) is 5.11 Å². The van der Waals surface area contributed by atoms with Crippen LogP contribution >= 0.6 is 0 Å². The molecule has 0 aromatic rings. The molecule has 0 spiro atoms. The lowest BCUT2D eigenvalue weighted by molar-refractivity contribution is -0.141. The highest BCUT2D eigenvalue weighted by atomic mass is 16.4. The summed E-state index contributed by atoms with van der Waals surface area (Å²) in [7, 11) is 0. The molecular formula is C25H46N2O4. The number of hydrogen-bond acceptors (Lipinski definition) is 3. The van der Waals surface area contributed by atoms with Gasteiger partial charge < -0.3 is 15.7 Å². The Kier molecular flexibility index (Phi) is 18.9. The van der Waals surface area contributed by atoms with Gasteiger partial charge in [-0.15, -0.1) is 0 Å². The van der Waals surface area contributed by atoms with Crippen LogP contribution in [-0.2, 0) is 14.4 Å². The van der Waals surface area contributed by atoms with Crippen LogP contribution in [0.5, 0.6) is 0 Å². The van der Waals surface area contributed by atoms with Crippen LogP contribution in [0.2, 0.25) is 0 Å². The van der Waals surface area contributed by atoms with Crippen LogP contribution in [0.25, 0.3) is 0 Å². The molecular weight excluding hydrogens is 392 g/mol. The van der Waals surface area contributed by atoms with Crippen LogP contribution in [0, 0.1) is 5.92 Å². The SMILES string of the molecule is C=C(C)C(=O)NCCCNC(=O)C(CCCCCCCCCCCCCC)CC(=O)O. The largest absolute Gasteiger partial charge is 0.481 e. The Morgan fingerprint density at radius 1 is 0.774 bits per heavy atom. The predicted molar refractivity (Wildman–Crippen MR) is 127 cm³/mol. The molecule has 0 saturated carbocycles. The molecule has 0 aliphatic carbocycles. The number of hydrogen-bond donors (Lipinski definition) is 3. The van der Waals surface area contributed by atoms with Gasteiger partial charge in [-0.2, -0.15) is 0 Å². The lowest BCUT2D eigenvalue weighted by Gasteiger charge is -2.15. The number of unbranched alkanes of at least 4 members (excludes halogenated alkanes) is 11. The van der Waals surface area contributed by atoms with Gasteiger partial charge in [0, 0.05) is 24.6 Å². The topological polar surface area (TPSA) is 95.5 Å². The van der Waals surface area contributed by atoms with E-state index in [9.17, 15) is 14.4 Å². The van der Waals surface area contributed by atoms with Gasteiger partial charge in [0.2, 0.25) is 11.8 Å². The maximum absolute atomic E-state index is 12.3. The van der Waals surface area contributed by atoms with E-state index in [2.05, 4.69) is 24.1 Å². The molecule has 0 rings (SSSR count). The van der Waals surface area contributed by atoms with Gasteiger partial charge in [-0.1, -0.05) is 90.6 Å². The van der Waals surface area contributed by atoms with Crippen LogP contribution in [-0.4, -0.2) is 36.0 Å². The van der Waals surface area contributed by atoms with Gasteiger partial charge in [-0.05, 0) is 19.8 Å². The molecule has 3 N–H and O–H groups in total. The minimum absolute atomic E-state index is 0.129. The molecule has 0 radical (unpaired) electrons. The first-order valence-electron chi connectivity index (χ1n) is 12.3. The highest BCUT2D eigenvalue weighted by molar-refractivity contribution is 5.92. The molecule has 0 aliphatic heterocycles. The maximum Gasteiger partial charge on any atom is 0.304 e. The van der Waals surface area contributed by atoms with Gasteiger partial charge in [-0.3, -0.25) is 14.4 Å². The Labute approximate surface area is 189 Å². The van der Waals surface area contributed by atoms with Crippen LogP contribution in [0.3, 0.4) is 0 Å². The van der Waals surface area contributed by atoms with Gasteiger partial charge in [0.25, 0.3) is 0 Å². The lowest BCUT2D eigenvalue weighted by atomic mass is 9.96. The standard InChI is InChI=1S/C25H46N2O4/c1-4-5-6-7-8-9-10-11-12-13-14-15-17-22(20-23(28)29)25(31)27-19-16-18-26-24(30)21(2)3/h22H,2,4-20H2,1,3H3,(H,26,30)(H,27,31)(H,28,29). The molecule has 0 aromatic heterocycles. The molecule has 0 aliphatic rings. The summed E-state index contributed by atoms with van der Waals surface area (Å²) in [4.78, 5) is 34.9. The Hall–Kier alpha value is -1.85. The van der Waals surface area contributed by atoms with Crippen molar-refractivity contribution in [2.24, 2.45) is 5.92 Å². The molecule has 6 heteroatoms. The van der Waals surface area contributed by atoms with Crippen LogP contribution in [0.15, 0.2) is 12.2 Å². The van der Waals surface area contributed by atoms with Crippen molar-refractivity contribution in [3.8, 4) is 0 Å². The Bertz CT molecular complexity index is 520. The normalized spacial score (nSPS) is 11.7.